The lowest BCUT2D eigenvalue weighted by molar-refractivity contribution is 0.137. The van der Waals surface area contributed by atoms with Crippen LogP contribution >= 0.6 is 27.7 Å². The van der Waals surface area contributed by atoms with Crippen molar-refractivity contribution in [3.63, 3.8) is 0 Å². The predicted octanol–water partition coefficient (Wildman–Crippen LogP) is 3.07. The maximum Gasteiger partial charge on any atom is 0.0728 e. The second-order valence-corrected chi connectivity index (χ2v) is 4.71. The molecule has 0 aromatic heterocycles. The van der Waals surface area contributed by atoms with E-state index in [2.05, 4.69) is 34.1 Å². The molecule has 0 N–H and O–H groups in total. The topological polar surface area (TPSA) is 9.23 Å². The van der Waals surface area contributed by atoms with Crippen LogP contribution in [0.25, 0.3) is 0 Å². The molecule has 0 amide bonds. The molecule has 0 radical (unpaired) electrons. The summed E-state index contributed by atoms with van der Waals surface area (Å²) in [5, 5.41) is 0. The fraction of sp³-hybridized carbons (Fsp3) is 0.333. The van der Waals surface area contributed by atoms with Gasteiger partial charge in [0.25, 0.3) is 0 Å². The van der Waals surface area contributed by atoms with Crippen molar-refractivity contribution in [1.82, 2.24) is 0 Å². The van der Waals surface area contributed by atoms with Crippen LogP contribution in [-0.4, -0.2) is 12.4 Å². The number of fused-ring (bicyclic) bond motifs is 1. The van der Waals surface area contributed by atoms with Gasteiger partial charge >= 0.3 is 0 Å². The van der Waals surface area contributed by atoms with Crippen LogP contribution in [0.5, 0.6) is 0 Å². The minimum absolute atomic E-state index is 0.760. The highest BCUT2D eigenvalue weighted by Gasteiger charge is 2.07. The van der Waals surface area contributed by atoms with Gasteiger partial charge in [0.2, 0.25) is 0 Å². The van der Waals surface area contributed by atoms with Crippen molar-refractivity contribution >= 4 is 27.7 Å². The van der Waals surface area contributed by atoms with Crippen LogP contribution in [0, 0.1) is 0 Å². The predicted molar refractivity (Wildman–Crippen MR) is 54.5 cm³/mol. The standard InChI is InChI=1S/C9H9BrOS/c10-8-2-1-7-6-11-3-4-12-9(7)5-8/h1-2,5H,3-4,6H2. The first-order valence-electron chi connectivity index (χ1n) is 3.85. The zero-order chi connectivity index (χ0) is 8.39. The van der Waals surface area contributed by atoms with Crippen LogP contribution in [0.2, 0.25) is 0 Å². The zero-order valence-corrected chi connectivity index (χ0v) is 8.95. The quantitative estimate of drug-likeness (QED) is 0.694. The summed E-state index contributed by atoms with van der Waals surface area (Å²) in [5.41, 5.74) is 1.31. The molecule has 2 rings (SSSR count). The summed E-state index contributed by atoms with van der Waals surface area (Å²) in [7, 11) is 0. The first-order chi connectivity index (χ1) is 5.86. The van der Waals surface area contributed by atoms with Gasteiger partial charge in [0, 0.05) is 15.1 Å². The SMILES string of the molecule is Brc1ccc2c(c1)SCCOC2. The van der Waals surface area contributed by atoms with Crippen LogP contribution in [0.3, 0.4) is 0 Å². The molecule has 1 aromatic rings. The van der Waals surface area contributed by atoms with Gasteiger partial charge in [0.15, 0.2) is 0 Å². The molecule has 1 nitrogen and oxygen atoms in total. The van der Waals surface area contributed by atoms with E-state index in [0.29, 0.717) is 0 Å². The molecular weight excluding hydrogens is 236 g/mol. The van der Waals surface area contributed by atoms with Crippen molar-refractivity contribution in [3.8, 4) is 0 Å². The summed E-state index contributed by atoms with van der Waals surface area (Å²) in [5.74, 6) is 1.06. The molecule has 1 aliphatic rings. The maximum absolute atomic E-state index is 5.42. The average Bonchev–Trinajstić information content (AvgIpc) is 2.28. The summed E-state index contributed by atoms with van der Waals surface area (Å²) < 4.78 is 6.57. The lowest BCUT2D eigenvalue weighted by Gasteiger charge is -2.03. The highest BCUT2D eigenvalue weighted by molar-refractivity contribution is 9.10. The van der Waals surface area contributed by atoms with E-state index in [0.717, 1.165) is 23.4 Å². The summed E-state index contributed by atoms with van der Waals surface area (Å²) in [6.45, 7) is 1.62. The third kappa shape index (κ3) is 1.84. The van der Waals surface area contributed by atoms with Gasteiger partial charge < -0.3 is 4.74 Å². The molecule has 64 valence electrons. The smallest absolute Gasteiger partial charge is 0.0728 e. The molecule has 0 unspecified atom stereocenters. The Morgan fingerprint density at radius 1 is 1.42 bits per heavy atom. The Kier molecular flexibility index (Phi) is 2.73. The molecule has 1 aromatic carbocycles. The van der Waals surface area contributed by atoms with Crippen molar-refractivity contribution in [1.29, 1.82) is 0 Å². The van der Waals surface area contributed by atoms with Gasteiger partial charge in [-0.15, -0.1) is 11.8 Å². The average molecular weight is 245 g/mol. The third-order valence-corrected chi connectivity index (χ3v) is 3.33. The Balaban J connectivity index is 2.36. The van der Waals surface area contributed by atoms with E-state index in [-0.39, 0.29) is 0 Å². The van der Waals surface area contributed by atoms with Gasteiger partial charge in [-0.25, -0.2) is 0 Å². The third-order valence-electron chi connectivity index (χ3n) is 1.77. The largest absolute Gasteiger partial charge is 0.376 e. The van der Waals surface area contributed by atoms with Crippen molar-refractivity contribution in [2.75, 3.05) is 12.4 Å². The second-order valence-electron chi connectivity index (χ2n) is 2.65. The van der Waals surface area contributed by atoms with Crippen molar-refractivity contribution in [2.24, 2.45) is 0 Å². The molecule has 0 aliphatic carbocycles. The van der Waals surface area contributed by atoms with Crippen molar-refractivity contribution < 1.29 is 4.74 Å². The lowest BCUT2D eigenvalue weighted by atomic mass is 10.2. The molecule has 1 aliphatic heterocycles. The molecule has 0 saturated heterocycles. The van der Waals surface area contributed by atoms with E-state index in [9.17, 15) is 0 Å². The van der Waals surface area contributed by atoms with Crippen LogP contribution < -0.4 is 0 Å². The molecule has 1 heterocycles. The summed E-state index contributed by atoms with van der Waals surface area (Å²) in [4.78, 5) is 1.35. The summed E-state index contributed by atoms with van der Waals surface area (Å²) in [6.07, 6.45) is 0. The highest BCUT2D eigenvalue weighted by Crippen LogP contribution is 2.28. The van der Waals surface area contributed by atoms with Gasteiger partial charge in [-0.3, -0.25) is 0 Å². The van der Waals surface area contributed by atoms with Gasteiger partial charge in [-0.1, -0.05) is 22.0 Å². The number of rotatable bonds is 0. The van der Waals surface area contributed by atoms with Gasteiger partial charge in [0.1, 0.15) is 0 Å². The second kappa shape index (κ2) is 3.81. The van der Waals surface area contributed by atoms with E-state index < -0.39 is 0 Å². The number of hydrogen-bond acceptors (Lipinski definition) is 2. The minimum atomic E-state index is 0.760. The molecule has 3 heteroatoms. The molecule has 0 fully saturated rings. The summed E-state index contributed by atoms with van der Waals surface area (Å²) >= 11 is 5.33. The Labute approximate surface area is 84.6 Å². The van der Waals surface area contributed by atoms with E-state index in [1.54, 1.807) is 0 Å². The maximum atomic E-state index is 5.42. The lowest BCUT2D eigenvalue weighted by Crippen LogP contribution is -1.92. The zero-order valence-electron chi connectivity index (χ0n) is 6.55. The van der Waals surface area contributed by atoms with Crippen LogP contribution in [-0.2, 0) is 11.3 Å². The van der Waals surface area contributed by atoms with Gasteiger partial charge in [0.05, 0.1) is 13.2 Å². The number of benzene rings is 1. The molecular formula is C9H9BrOS. The molecule has 0 bridgehead atoms. The van der Waals surface area contributed by atoms with Crippen molar-refractivity contribution in [3.05, 3.63) is 28.2 Å². The number of thioether (sulfide) groups is 1. The Morgan fingerprint density at radius 2 is 2.33 bits per heavy atom. The number of hydrogen-bond donors (Lipinski definition) is 0. The molecule has 12 heavy (non-hydrogen) atoms. The first-order valence-corrected chi connectivity index (χ1v) is 5.63. The monoisotopic (exact) mass is 244 g/mol. The first kappa shape index (κ1) is 8.60. The highest BCUT2D eigenvalue weighted by atomic mass is 79.9. The Bertz CT molecular complexity index is 288. The normalized spacial score (nSPS) is 16.8. The van der Waals surface area contributed by atoms with E-state index in [1.807, 2.05) is 11.8 Å². The van der Waals surface area contributed by atoms with Crippen molar-refractivity contribution in [2.45, 2.75) is 11.5 Å². The number of halogens is 1. The summed E-state index contributed by atoms with van der Waals surface area (Å²) in [6, 6.07) is 6.35. The Hall–Kier alpha value is 0.01000. The molecule has 0 saturated carbocycles. The van der Waals surface area contributed by atoms with Crippen LogP contribution in [0.4, 0.5) is 0 Å². The van der Waals surface area contributed by atoms with E-state index in [1.165, 1.54) is 10.5 Å². The van der Waals surface area contributed by atoms with Gasteiger partial charge in [-0.2, -0.15) is 0 Å². The van der Waals surface area contributed by atoms with Crippen LogP contribution in [0.1, 0.15) is 5.56 Å². The van der Waals surface area contributed by atoms with Crippen LogP contribution in [0.15, 0.2) is 27.6 Å². The van der Waals surface area contributed by atoms with E-state index >= 15 is 0 Å². The molecule has 0 spiro atoms. The Morgan fingerprint density at radius 3 is 3.25 bits per heavy atom. The fourth-order valence-corrected chi connectivity index (χ4v) is 2.63. The fourth-order valence-electron chi connectivity index (χ4n) is 1.17. The minimum Gasteiger partial charge on any atom is -0.376 e. The number of ether oxygens (including phenoxy) is 1. The van der Waals surface area contributed by atoms with Gasteiger partial charge in [-0.05, 0) is 17.7 Å². The molecule has 0 atom stereocenters. The van der Waals surface area contributed by atoms with E-state index in [4.69, 9.17) is 4.74 Å².